The number of unbranched alkanes of at least 4 members (excludes halogenated alkanes) is 2. The third-order valence-corrected chi connectivity index (χ3v) is 12.0. The van der Waals surface area contributed by atoms with E-state index in [9.17, 15) is 4.79 Å². The summed E-state index contributed by atoms with van der Waals surface area (Å²) in [6.45, 7) is 14.6. The maximum absolute atomic E-state index is 11.5. The summed E-state index contributed by atoms with van der Waals surface area (Å²) in [4.78, 5) is 11.5. The molecule has 0 heterocycles. The summed E-state index contributed by atoms with van der Waals surface area (Å²) in [7, 11) is -2.53. The molecule has 0 aliphatic rings. The van der Waals surface area contributed by atoms with Crippen LogP contribution < -0.4 is 10.4 Å². The fourth-order valence-electron chi connectivity index (χ4n) is 4.80. The SMILES string of the molecule is CCCCCC(=O)OCCOCCOCCOCCOCCOCCO[Si](c1ccccc1)(c1ccccc1)C(C)(C)C. The number of esters is 1. The quantitative estimate of drug-likeness (QED) is 0.0895. The van der Waals surface area contributed by atoms with E-state index in [1.165, 1.54) is 10.4 Å². The molecule has 0 aliphatic carbocycles. The van der Waals surface area contributed by atoms with Crippen molar-refractivity contribution in [2.75, 3.05) is 79.3 Å². The first-order valence-electron chi connectivity index (χ1n) is 15.7. The van der Waals surface area contributed by atoms with E-state index >= 15 is 0 Å². The van der Waals surface area contributed by atoms with E-state index in [0.29, 0.717) is 79.1 Å². The summed E-state index contributed by atoms with van der Waals surface area (Å²) in [5.74, 6) is -0.154. The molecule has 9 heteroatoms. The van der Waals surface area contributed by atoms with Crippen molar-refractivity contribution in [2.45, 2.75) is 58.4 Å². The lowest BCUT2D eigenvalue weighted by atomic mass is 10.2. The van der Waals surface area contributed by atoms with Gasteiger partial charge in [0.25, 0.3) is 8.32 Å². The highest BCUT2D eigenvalue weighted by Gasteiger charge is 2.49. The highest BCUT2D eigenvalue weighted by atomic mass is 28.4. The zero-order valence-electron chi connectivity index (χ0n) is 26.9. The Morgan fingerprint density at radius 3 is 1.37 bits per heavy atom. The average Bonchev–Trinajstić information content (AvgIpc) is 3.00. The molecule has 0 atom stereocenters. The molecule has 0 aliphatic heterocycles. The highest BCUT2D eigenvalue weighted by molar-refractivity contribution is 6.99. The molecular weight excluding hydrogens is 564 g/mol. The first-order chi connectivity index (χ1) is 20.9. The van der Waals surface area contributed by atoms with Gasteiger partial charge in [0.15, 0.2) is 0 Å². The van der Waals surface area contributed by atoms with Gasteiger partial charge in [-0.1, -0.05) is 101 Å². The van der Waals surface area contributed by atoms with E-state index in [-0.39, 0.29) is 17.6 Å². The number of carbonyl (C=O) groups is 1. The first-order valence-corrected chi connectivity index (χ1v) is 17.6. The predicted octanol–water partition coefficient (Wildman–Crippen LogP) is 4.77. The molecule has 0 unspecified atom stereocenters. The largest absolute Gasteiger partial charge is 0.463 e. The topological polar surface area (TPSA) is 81.7 Å². The van der Waals surface area contributed by atoms with Gasteiger partial charge in [-0.15, -0.1) is 0 Å². The Balaban J connectivity index is 1.48. The molecule has 2 aromatic rings. The van der Waals surface area contributed by atoms with Crippen molar-refractivity contribution in [1.29, 1.82) is 0 Å². The summed E-state index contributed by atoms with van der Waals surface area (Å²) < 4.78 is 39.8. The van der Waals surface area contributed by atoms with Crippen LogP contribution in [0.5, 0.6) is 0 Å². The Kier molecular flexibility index (Phi) is 19.3. The molecule has 2 rings (SSSR count). The second-order valence-corrected chi connectivity index (χ2v) is 15.6. The lowest BCUT2D eigenvalue weighted by Crippen LogP contribution is -2.66. The lowest BCUT2D eigenvalue weighted by molar-refractivity contribution is -0.145. The van der Waals surface area contributed by atoms with Gasteiger partial charge in [-0.05, 0) is 21.8 Å². The average molecular weight is 619 g/mol. The minimum absolute atomic E-state index is 0.0529. The van der Waals surface area contributed by atoms with Gasteiger partial charge in [-0.2, -0.15) is 0 Å². The molecule has 0 fully saturated rings. The molecular formula is C34H54O8Si. The molecule has 0 spiro atoms. The van der Waals surface area contributed by atoms with Gasteiger partial charge in [0.2, 0.25) is 0 Å². The molecule has 0 bridgehead atoms. The van der Waals surface area contributed by atoms with Crippen LogP contribution in [0, 0.1) is 0 Å². The molecule has 0 saturated heterocycles. The van der Waals surface area contributed by atoms with Crippen molar-refractivity contribution in [2.24, 2.45) is 0 Å². The molecule has 2 aromatic carbocycles. The second kappa shape index (κ2) is 22.4. The number of rotatable bonds is 25. The molecule has 8 nitrogen and oxygen atoms in total. The number of carbonyl (C=O) groups excluding carboxylic acids is 1. The van der Waals surface area contributed by atoms with E-state index in [4.69, 9.17) is 32.8 Å². The molecule has 0 N–H and O–H groups in total. The second-order valence-electron chi connectivity index (χ2n) is 11.3. The maximum Gasteiger partial charge on any atom is 0.305 e. The van der Waals surface area contributed by atoms with E-state index in [2.05, 4.69) is 88.4 Å². The number of hydrogen-bond donors (Lipinski definition) is 0. The molecule has 242 valence electrons. The van der Waals surface area contributed by atoms with Crippen molar-refractivity contribution in [3.8, 4) is 0 Å². The van der Waals surface area contributed by atoms with Crippen LogP contribution >= 0.6 is 0 Å². The summed E-state index contributed by atoms with van der Waals surface area (Å²) in [5, 5.41) is 2.48. The fraction of sp³-hybridized carbons (Fsp3) is 0.618. The third-order valence-electron chi connectivity index (χ3n) is 6.93. The van der Waals surface area contributed by atoms with Gasteiger partial charge >= 0.3 is 5.97 Å². The normalized spacial score (nSPS) is 12.0. The van der Waals surface area contributed by atoms with E-state index in [1.54, 1.807) is 0 Å². The standard InChI is InChI=1S/C34H54O8Si/c1-5-6-9-18-33(35)41-29-27-39-25-23-37-21-19-36-20-22-38-24-26-40-28-30-42-43(34(2,3)4,31-14-10-7-11-15-31)32-16-12-8-13-17-32/h7-8,10-17H,5-6,9,18-30H2,1-4H3. The Labute approximate surface area is 260 Å². The van der Waals surface area contributed by atoms with E-state index in [0.717, 1.165) is 19.3 Å². The monoisotopic (exact) mass is 618 g/mol. The Morgan fingerprint density at radius 2 is 0.977 bits per heavy atom. The van der Waals surface area contributed by atoms with Crippen LogP contribution in [0.1, 0.15) is 53.4 Å². The van der Waals surface area contributed by atoms with E-state index < -0.39 is 8.32 Å². The van der Waals surface area contributed by atoms with Gasteiger partial charge < -0.3 is 32.8 Å². The van der Waals surface area contributed by atoms with Crippen molar-refractivity contribution >= 4 is 24.7 Å². The van der Waals surface area contributed by atoms with Crippen LogP contribution in [-0.2, 0) is 37.6 Å². The third kappa shape index (κ3) is 14.5. The predicted molar refractivity (Wildman–Crippen MR) is 173 cm³/mol. The van der Waals surface area contributed by atoms with Gasteiger partial charge in [0.05, 0.1) is 72.7 Å². The Hall–Kier alpha value is -2.11. The molecule has 0 aromatic heterocycles. The summed E-state index contributed by atoms with van der Waals surface area (Å²) >= 11 is 0. The van der Waals surface area contributed by atoms with Gasteiger partial charge in [0.1, 0.15) is 6.61 Å². The molecule has 43 heavy (non-hydrogen) atoms. The first kappa shape index (κ1) is 37.1. The lowest BCUT2D eigenvalue weighted by Gasteiger charge is -2.43. The fourth-order valence-corrected chi connectivity index (χ4v) is 9.35. The van der Waals surface area contributed by atoms with Crippen LogP contribution in [-0.4, -0.2) is 93.6 Å². The van der Waals surface area contributed by atoms with Crippen molar-refractivity contribution < 1.29 is 37.6 Å². The maximum atomic E-state index is 11.5. The minimum Gasteiger partial charge on any atom is -0.463 e. The van der Waals surface area contributed by atoms with Crippen molar-refractivity contribution in [3.63, 3.8) is 0 Å². The van der Waals surface area contributed by atoms with E-state index in [1.807, 2.05) is 0 Å². The van der Waals surface area contributed by atoms with Gasteiger partial charge in [-0.25, -0.2) is 0 Å². The number of ether oxygens (including phenoxy) is 6. The number of benzene rings is 2. The van der Waals surface area contributed by atoms with Crippen LogP contribution in [0.15, 0.2) is 60.7 Å². The van der Waals surface area contributed by atoms with Gasteiger partial charge in [-0.3, -0.25) is 4.79 Å². The van der Waals surface area contributed by atoms with Crippen molar-refractivity contribution in [3.05, 3.63) is 60.7 Å². The van der Waals surface area contributed by atoms with Gasteiger partial charge in [0, 0.05) is 6.42 Å². The van der Waals surface area contributed by atoms with Crippen LogP contribution in [0.4, 0.5) is 0 Å². The smallest absolute Gasteiger partial charge is 0.305 e. The van der Waals surface area contributed by atoms with Crippen molar-refractivity contribution in [1.82, 2.24) is 0 Å². The summed E-state index contributed by atoms with van der Waals surface area (Å²) in [5.41, 5.74) is 0. The Morgan fingerprint density at radius 1 is 0.581 bits per heavy atom. The summed E-state index contributed by atoms with van der Waals surface area (Å²) in [6.07, 6.45) is 3.51. The minimum atomic E-state index is -2.53. The zero-order valence-corrected chi connectivity index (χ0v) is 27.9. The zero-order chi connectivity index (χ0) is 31.1. The summed E-state index contributed by atoms with van der Waals surface area (Å²) in [6, 6.07) is 21.3. The van der Waals surface area contributed by atoms with Crippen LogP contribution in [0.2, 0.25) is 5.04 Å². The Bertz CT molecular complexity index is 912. The van der Waals surface area contributed by atoms with Crippen LogP contribution in [0.25, 0.3) is 0 Å². The highest BCUT2D eigenvalue weighted by Crippen LogP contribution is 2.36. The van der Waals surface area contributed by atoms with Crippen LogP contribution in [0.3, 0.4) is 0 Å². The molecule has 0 radical (unpaired) electrons. The molecule has 0 saturated carbocycles. The molecule has 0 amide bonds. The number of hydrogen-bond acceptors (Lipinski definition) is 8.